The highest BCUT2D eigenvalue weighted by atomic mass is 35.5. The molecule has 2 aromatic carbocycles. The average molecular weight is 356 g/mol. The summed E-state index contributed by atoms with van der Waals surface area (Å²) in [4.78, 5) is 0. The quantitative estimate of drug-likeness (QED) is 0.551. The van der Waals surface area contributed by atoms with Gasteiger partial charge in [-0.25, -0.2) is 0 Å². The van der Waals surface area contributed by atoms with Crippen molar-refractivity contribution in [1.29, 1.82) is 0 Å². The predicted molar refractivity (Wildman–Crippen MR) is 89.5 cm³/mol. The largest absolute Gasteiger partial charge is 0.149 e. The van der Waals surface area contributed by atoms with E-state index in [0.717, 1.165) is 21.1 Å². The van der Waals surface area contributed by atoms with Crippen LogP contribution < -0.4 is 0 Å². The Morgan fingerprint density at radius 3 is 2.43 bits per heavy atom. The summed E-state index contributed by atoms with van der Waals surface area (Å²) >= 11 is 20.0. The Balaban J connectivity index is 1.93. The van der Waals surface area contributed by atoms with Gasteiger partial charge in [0.15, 0.2) is 0 Å². The van der Waals surface area contributed by atoms with Crippen molar-refractivity contribution in [1.82, 2.24) is 10.2 Å². The molecule has 106 valence electrons. The first-order chi connectivity index (χ1) is 10.1. The summed E-state index contributed by atoms with van der Waals surface area (Å²) in [6, 6.07) is 15.1. The van der Waals surface area contributed by atoms with Gasteiger partial charge >= 0.3 is 0 Å². The molecule has 1 atom stereocenters. The molecule has 0 saturated carbocycles. The third kappa shape index (κ3) is 3.22. The number of aromatic nitrogens is 2. The van der Waals surface area contributed by atoms with E-state index in [1.54, 1.807) is 12.1 Å². The molecular weight excluding hydrogens is 347 g/mol. The van der Waals surface area contributed by atoms with Gasteiger partial charge in [-0.3, -0.25) is 0 Å². The van der Waals surface area contributed by atoms with Crippen molar-refractivity contribution < 1.29 is 0 Å². The molecule has 2 nitrogen and oxygen atoms in total. The van der Waals surface area contributed by atoms with Crippen molar-refractivity contribution in [3.05, 3.63) is 69.1 Å². The van der Waals surface area contributed by atoms with Crippen LogP contribution in [-0.2, 0) is 0 Å². The normalized spacial score (nSPS) is 12.3. The van der Waals surface area contributed by atoms with E-state index in [4.69, 9.17) is 34.8 Å². The van der Waals surface area contributed by atoms with Crippen LogP contribution in [0.2, 0.25) is 10.0 Å². The number of rotatable bonds is 3. The van der Waals surface area contributed by atoms with E-state index < -0.39 is 0 Å². The summed E-state index contributed by atoms with van der Waals surface area (Å²) in [5.41, 5.74) is 1.80. The Morgan fingerprint density at radius 2 is 1.71 bits per heavy atom. The van der Waals surface area contributed by atoms with Crippen LogP contribution in [0.4, 0.5) is 0 Å². The first-order valence-electron chi connectivity index (χ1n) is 6.13. The van der Waals surface area contributed by atoms with E-state index in [9.17, 15) is 0 Å². The zero-order valence-corrected chi connectivity index (χ0v) is 13.7. The molecular formula is C15H9Cl3N2S. The highest BCUT2D eigenvalue weighted by Gasteiger charge is 2.17. The molecule has 0 bridgehead atoms. The van der Waals surface area contributed by atoms with Crippen molar-refractivity contribution >= 4 is 46.1 Å². The molecule has 1 heterocycles. The third-order valence-corrected chi connectivity index (χ3v) is 5.07. The lowest BCUT2D eigenvalue weighted by molar-refractivity contribution is 0.988. The Morgan fingerprint density at radius 1 is 0.952 bits per heavy atom. The van der Waals surface area contributed by atoms with Crippen LogP contribution in [0.15, 0.2) is 48.5 Å². The van der Waals surface area contributed by atoms with E-state index in [1.165, 1.54) is 11.3 Å². The number of halogens is 3. The summed E-state index contributed by atoms with van der Waals surface area (Å²) in [5.74, 6) is 0. The zero-order chi connectivity index (χ0) is 14.8. The van der Waals surface area contributed by atoms with Gasteiger partial charge in [-0.15, -0.1) is 21.8 Å². The second-order valence-corrected chi connectivity index (χ2v) is 6.63. The van der Waals surface area contributed by atoms with Crippen molar-refractivity contribution in [2.24, 2.45) is 0 Å². The van der Waals surface area contributed by atoms with Gasteiger partial charge in [-0.1, -0.05) is 64.9 Å². The number of alkyl halides is 1. The molecule has 0 spiro atoms. The smallest absolute Gasteiger partial charge is 0.141 e. The molecule has 3 aromatic rings. The lowest BCUT2D eigenvalue weighted by Crippen LogP contribution is -1.91. The topological polar surface area (TPSA) is 25.8 Å². The second-order valence-electron chi connectivity index (χ2n) is 4.34. The van der Waals surface area contributed by atoms with Crippen molar-refractivity contribution in [2.75, 3.05) is 0 Å². The molecule has 0 radical (unpaired) electrons. The van der Waals surface area contributed by atoms with E-state index >= 15 is 0 Å². The van der Waals surface area contributed by atoms with Crippen LogP contribution >= 0.6 is 46.1 Å². The minimum Gasteiger partial charge on any atom is -0.141 e. The summed E-state index contributed by atoms with van der Waals surface area (Å²) in [7, 11) is 0. The van der Waals surface area contributed by atoms with Gasteiger partial charge in [0.2, 0.25) is 0 Å². The van der Waals surface area contributed by atoms with Gasteiger partial charge in [-0.05, 0) is 23.8 Å². The Bertz CT molecular complexity index is 759. The monoisotopic (exact) mass is 354 g/mol. The molecule has 21 heavy (non-hydrogen) atoms. The Hall–Kier alpha value is -1.13. The summed E-state index contributed by atoms with van der Waals surface area (Å²) in [6.07, 6.45) is 0. The van der Waals surface area contributed by atoms with E-state index in [2.05, 4.69) is 10.2 Å². The van der Waals surface area contributed by atoms with Gasteiger partial charge in [0, 0.05) is 10.6 Å². The fourth-order valence-electron chi connectivity index (χ4n) is 1.87. The molecule has 0 aliphatic rings. The average Bonchev–Trinajstić information content (AvgIpc) is 2.97. The minimum atomic E-state index is -0.316. The third-order valence-electron chi connectivity index (χ3n) is 2.91. The number of nitrogens with zero attached hydrogens (tertiary/aromatic N) is 2. The molecule has 0 aliphatic heterocycles. The van der Waals surface area contributed by atoms with Crippen LogP contribution in [0.3, 0.4) is 0 Å². The zero-order valence-electron chi connectivity index (χ0n) is 10.6. The summed E-state index contributed by atoms with van der Waals surface area (Å²) in [5, 5.41) is 10.7. The highest BCUT2D eigenvalue weighted by Crippen LogP contribution is 2.36. The maximum atomic E-state index is 6.45. The van der Waals surface area contributed by atoms with Gasteiger partial charge in [0.25, 0.3) is 0 Å². The van der Waals surface area contributed by atoms with Crippen molar-refractivity contribution in [2.45, 2.75) is 5.38 Å². The lowest BCUT2D eigenvalue weighted by atomic mass is 10.1. The van der Waals surface area contributed by atoms with Gasteiger partial charge in [-0.2, -0.15) is 0 Å². The maximum Gasteiger partial charge on any atom is 0.149 e. The maximum absolute atomic E-state index is 6.45. The number of hydrogen-bond donors (Lipinski definition) is 0. The van der Waals surface area contributed by atoms with Gasteiger partial charge in [0.1, 0.15) is 15.4 Å². The van der Waals surface area contributed by atoms with Gasteiger partial charge in [0.05, 0.1) is 5.02 Å². The van der Waals surface area contributed by atoms with Crippen LogP contribution in [0, 0.1) is 0 Å². The van der Waals surface area contributed by atoms with E-state index in [-0.39, 0.29) is 5.38 Å². The number of benzene rings is 2. The SMILES string of the molecule is Clc1ccc(-c2nnc(C(Cl)c3ccccc3)s2)c(Cl)c1. The number of hydrogen-bond acceptors (Lipinski definition) is 3. The molecule has 0 N–H and O–H groups in total. The Kier molecular flexibility index (Phi) is 4.45. The highest BCUT2D eigenvalue weighted by molar-refractivity contribution is 7.15. The molecule has 0 aliphatic carbocycles. The van der Waals surface area contributed by atoms with Crippen LogP contribution in [0.25, 0.3) is 10.6 Å². The minimum absolute atomic E-state index is 0.316. The van der Waals surface area contributed by atoms with Crippen LogP contribution in [-0.4, -0.2) is 10.2 Å². The predicted octanol–water partition coefficient (Wildman–Crippen LogP) is 5.84. The van der Waals surface area contributed by atoms with Gasteiger partial charge < -0.3 is 0 Å². The standard InChI is InChI=1S/C15H9Cl3N2S/c16-10-6-7-11(12(17)8-10)14-19-20-15(21-14)13(18)9-4-2-1-3-5-9/h1-8,13H. The first-order valence-corrected chi connectivity index (χ1v) is 8.14. The molecule has 1 aromatic heterocycles. The van der Waals surface area contributed by atoms with Crippen molar-refractivity contribution in [3.8, 4) is 10.6 Å². The van der Waals surface area contributed by atoms with Crippen LogP contribution in [0.5, 0.6) is 0 Å². The van der Waals surface area contributed by atoms with E-state index in [1.807, 2.05) is 36.4 Å². The molecule has 0 saturated heterocycles. The molecule has 0 amide bonds. The Labute approximate surface area is 141 Å². The molecule has 0 fully saturated rings. The van der Waals surface area contributed by atoms with Crippen molar-refractivity contribution in [3.63, 3.8) is 0 Å². The van der Waals surface area contributed by atoms with Crippen LogP contribution in [0.1, 0.15) is 15.9 Å². The second kappa shape index (κ2) is 6.32. The molecule has 3 rings (SSSR count). The fraction of sp³-hybridized carbons (Fsp3) is 0.0667. The lowest BCUT2D eigenvalue weighted by Gasteiger charge is -2.04. The molecule has 6 heteroatoms. The van der Waals surface area contributed by atoms with E-state index in [0.29, 0.717) is 10.0 Å². The first kappa shape index (κ1) is 14.8. The molecule has 1 unspecified atom stereocenters. The summed E-state index contributed by atoms with van der Waals surface area (Å²) in [6.45, 7) is 0. The summed E-state index contributed by atoms with van der Waals surface area (Å²) < 4.78 is 0. The fourth-order valence-corrected chi connectivity index (χ4v) is 3.64.